The Balaban J connectivity index is 1.23. The Labute approximate surface area is 226 Å². The van der Waals surface area contributed by atoms with Crippen LogP contribution in [0.2, 0.25) is 5.02 Å². The predicted octanol–water partition coefficient (Wildman–Crippen LogP) is 5.76. The molecule has 1 fully saturated rings. The third-order valence-electron chi connectivity index (χ3n) is 6.64. The first-order chi connectivity index (χ1) is 17.8. The van der Waals surface area contributed by atoms with Gasteiger partial charge in [0.2, 0.25) is 14.2 Å². The van der Waals surface area contributed by atoms with E-state index in [0.29, 0.717) is 23.7 Å². The first kappa shape index (κ1) is 25.9. The normalized spacial score (nSPS) is 18.1. The van der Waals surface area contributed by atoms with Crippen LogP contribution in [0.1, 0.15) is 30.6 Å². The zero-order chi connectivity index (χ0) is 26.0. The van der Waals surface area contributed by atoms with Gasteiger partial charge in [-0.15, -0.1) is 11.3 Å². The Morgan fingerprint density at radius 1 is 1.08 bits per heavy atom. The lowest BCUT2D eigenvalue weighted by atomic mass is 9.91. The maximum absolute atomic E-state index is 12.8. The molecule has 1 aliphatic rings. The fraction of sp³-hybridized carbons (Fsp3) is 0.333. The van der Waals surface area contributed by atoms with E-state index >= 15 is 0 Å². The number of nitrogens with one attached hydrogen (secondary N) is 2. The SMILES string of the molecule is CN(C)c1cc(NC2CCCC(NCc3cnc(S(=O)(=O)c4ccccc4)s3)C2)nc2ccc(Cl)cc12. The fourth-order valence-corrected chi connectivity index (χ4v) is 7.50. The van der Waals surface area contributed by atoms with E-state index in [9.17, 15) is 8.42 Å². The van der Waals surface area contributed by atoms with E-state index in [-0.39, 0.29) is 9.24 Å². The molecule has 0 amide bonds. The van der Waals surface area contributed by atoms with Crippen LogP contribution in [0.3, 0.4) is 0 Å². The minimum absolute atomic E-state index is 0.138. The fourth-order valence-electron chi connectivity index (χ4n) is 4.78. The molecule has 0 saturated heterocycles. The highest BCUT2D eigenvalue weighted by Gasteiger charge is 2.24. The number of thiazole rings is 1. The number of anilines is 2. The Bertz CT molecular complexity index is 1490. The molecule has 2 N–H and O–H groups in total. The minimum Gasteiger partial charge on any atom is -0.377 e. The number of hydrogen-bond acceptors (Lipinski definition) is 8. The summed E-state index contributed by atoms with van der Waals surface area (Å²) >= 11 is 7.46. The first-order valence-electron chi connectivity index (χ1n) is 12.3. The van der Waals surface area contributed by atoms with Gasteiger partial charge in [-0.1, -0.05) is 29.8 Å². The second-order valence-electron chi connectivity index (χ2n) is 9.58. The van der Waals surface area contributed by atoms with Crippen LogP contribution in [0.4, 0.5) is 11.5 Å². The number of benzene rings is 2. The van der Waals surface area contributed by atoms with Crippen LogP contribution < -0.4 is 15.5 Å². The van der Waals surface area contributed by atoms with Crippen molar-refractivity contribution >= 4 is 55.2 Å². The summed E-state index contributed by atoms with van der Waals surface area (Å²) in [7, 11) is 0.467. The van der Waals surface area contributed by atoms with Gasteiger partial charge in [-0.25, -0.2) is 18.4 Å². The molecule has 10 heteroatoms. The Morgan fingerprint density at radius 3 is 2.65 bits per heavy atom. The van der Waals surface area contributed by atoms with Gasteiger partial charge >= 0.3 is 0 Å². The smallest absolute Gasteiger partial charge is 0.233 e. The van der Waals surface area contributed by atoms with Crippen LogP contribution in [0.25, 0.3) is 10.9 Å². The molecule has 2 aromatic carbocycles. The molecule has 4 aromatic rings. The van der Waals surface area contributed by atoms with Crippen molar-refractivity contribution in [2.45, 2.75) is 53.5 Å². The lowest BCUT2D eigenvalue weighted by molar-refractivity contribution is 0.351. The van der Waals surface area contributed by atoms with E-state index in [1.54, 1.807) is 36.5 Å². The maximum atomic E-state index is 12.8. The van der Waals surface area contributed by atoms with E-state index in [4.69, 9.17) is 16.6 Å². The molecular formula is C27H30ClN5O2S2. The number of nitrogens with zero attached hydrogens (tertiary/aromatic N) is 3. The number of fused-ring (bicyclic) bond motifs is 1. The molecule has 7 nitrogen and oxygen atoms in total. The second kappa shape index (κ2) is 10.9. The van der Waals surface area contributed by atoms with E-state index in [2.05, 4.69) is 26.6 Å². The molecule has 2 atom stereocenters. The molecule has 0 aliphatic heterocycles. The van der Waals surface area contributed by atoms with Crippen LogP contribution in [0.5, 0.6) is 0 Å². The van der Waals surface area contributed by atoms with Gasteiger partial charge in [0.25, 0.3) is 0 Å². The summed E-state index contributed by atoms with van der Waals surface area (Å²) in [6, 6.07) is 17.0. The zero-order valence-corrected chi connectivity index (χ0v) is 23.2. The van der Waals surface area contributed by atoms with Crippen molar-refractivity contribution in [2.24, 2.45) is 0 Å². The minimum atomic E-state index is -3.58. The molecule has 37 heavy (non-hydrogen) atoms. The number of rotatable bonds is 8. The van der Waals surface area contributed by atoms with Crippen LogP contribution in [0, 0.1) is 0 Å². The molecule has 0 spiro atoms. The van der Waals surface area contributed by atoms with Crippen LogP contribution in [-0.2, 0) is 16.4 Å². The summed E-state index contributed by atoms with van der Waals surface area (Å²) in [6.07, 6.45) is 5.90. The third-order valence-corrected chi connectivity index (χ3v) is 10.0. The molecular weight excluding hydrogens is 526 g/mol. The topological polar surface area (TPSA) is 87.2 Å². The average molecular weight is 556 g/mol. The van der Waals surface area contributed by atoms with Crippen LogP contribution >= 0.6 is 22.9 Å². The van der Waals surface area contributed by atoms with E-state index in [1.165, 1.54) is 11.3 Å². The average Bonchev–Trinajstić information content (AvgIpc) is 3.38. The molecule has 2 aromatic heterocycles. The lowest BCUT2D eigenvalue weighted by Gasteiger charge is -2.31. The van der Waals surface area contributed by atoms with Gasteiger partial charge < -0.3 is 15.5 Å². The summed E-state index contributed by atoms with van der Waals surface area (Å²) in [6.45, 7) is 0.596. The highest BCUT2D eigenvalue weighted by Crippen LogP contribution is 2.31. The Kier molecular flexibility index (Phi) is 7.67. The summed E-state index contributed by atoms with van der Waals surface area (Å²) in [5.74, 6) is 0.863. The highest BCUT2D eigenvalue weighted by atomic mass is 35.5. The van der Waals surface area contributed by atoms with Crippen molar-refractivity contribution in [1.29, 1.82) is 0 Å². The summed E-state index contributed by atoms with van der Waals surface area (Å²) in [5.41, 5.74) is 1.99. The third kappa shape index (κ3) is 5.90. The van der Waals surface area contributed by atoms with Gasteiger partial charge in [0, 0.05) is 66.0 Å². The second-order valence-corrected chi connectivity index (χ2v) is 13.3. The van der Waals surface area contributed by atoms with Crippen molar-refractivity contribution in [3.05, 3.63) is 70.7 Å². The van der Waals surface area contributed by atoms with Gasteiger partial charge in [0.05, 0.1) is 10.4 Å². The number of sulfone groups is 1. The van der Waals surface area contributed by atoms with E-state index < -0.39 is 9.84 Å². The van der Waals surface area contributed by atoms with Crippen molar-refractivity contribution < 1.29 is 8.42 Å². The van der Waals surface area contributed by atoms with E-state index in [0.717, 1.165) is 53.0 Å². The lowest BCUT2D eigenvalue weighted by Crippen LogP contribution is -2.38. The van der Waals surface area contributed by atoms with Crippen molar-refractivity contribution in [2.75, 3.05) is 24.3 Å². The van der Waals surface area contributed by atoms with Gasteiger partial charge in [0.1, 0.15) is 5.82 Å². The van der Waals surface area contributed by atoms with Gasteiger partial charge in [-0.3, -0.25) is 0 Å². The standard InChI is InChI=1S/C27H30ClN5O2S2/c1-33(2)25-15-26(32-24-12-11-18(28)13-23(24)25)31-20-8-6-7-19(14-20)29-16-21-17-30-27(36-21)37(34,35)22-9-4-3-5-10-22/h3-5,9-13,15,17,19-20,29H,6-8,14,16H2,1-2H3,(H,31,32). The molecule has 194 valence electrons. The Morgan fingerprint density at radius 2 is 1.86 bits per heavy atom. The zero-order valence-electron chi connectivity index (χ0n) is 20.8. The highest BCUT2D eigenvalue weighted by molar-refractivity contribution is 7.93. The number of halogens is 1. The van der Waals surface area contributed by atoms with Crippen LogP contribution in [0.15, 0.2) is 70.0 Å². The van der Waals surface area contributed by atoms with Crippen LogP contribution in [-0.4, -0.2) is 44.6 Å². The number of aromatic nitrogens is 2. The number of hydrogen-bond donors (Lipinski definition) is 2. The predicted molar refractivity (Wildman–Crippen MR) is 152 cm³/mol. The van der Waals surface area contributed by atoms with Crippen molar-refractivity contribution in [1.82, 2.24) is 15.3 Å². The molecule has 0 radical (unpaired) electrons. The van der Waals surface area contributed by atoms with E-state index in [1.807, 2.05) is 32.3 Å². The molecule has 1 saturated carbocycles. The molecule has 2 heterocycles. The molecule has 2 unspecified atom stereocenters. The maximum Gasteiger partial charge on any atom is 0.233 e. The number of pyridine rings is 1. The van der Waals surface area contributed by atoms with Gasteiger partial charge in [-0.2, -0.15) is 0 Å². The quantitative estimate of drug-likeness (QED) is 0.286. The monoisotopic (exact) mass is 555 g/mol. The van der Waals surface area contributed by atoms with Gasteiger partial charge in [-0.05, 0) is 56.0 Å². The summed E-state index contributed by atoms with van der Waals surface area (Å²) in [4.78, 5) is 12.3. The Hall–Kier alpha value is -2.72. The largest absolute Gasteiger partial charge is 0.377 e. The first-order valence-corrected chi connectivity index (χ1v) is 15.0. The van der Waals surface area contributed by atoms with Crippen molar-refractivity contribution in [3.63, 3.8) is 0 Å². The summed E-state index contributed by atoms with van der Waals surface area (Å²) < 4.78 is 25.8. The molecule has 5 rings (SSSR count). The molecule has 1 aliphatic carbocycles. The van der Waals surface area contributed by atoms with Crippen molar-refractivity contribution in [3.8, 4) is 0 Å². The van der Waals surface area contributed by atoms with Gasteiger partial charge in [0.15, 0.2) is 0 Å². The molecule has 0 bridgehead atoms. The summed E-state index contributed by atoms with van der Waals surface area (Å²) in [5, 5.41) is 9.00.